The van der Waals surface area contributed by atoms with Crippen molar-refractivity contribution >= 4 is 11.8 Å². The van der Waals surface area contributed by atoms with Crippen molar-refractivity contribution in [3.8, 4) is 0 Å². The summed E-state index contributed by atoms with van der Waals surface area (Å²) >= 11 is 1.73. The fraction of sp³-hybridized carbons (Fsp3) is 0.429. The smallest absolute Gasteiger partial charge is 0.0142 e. The predicted molar refractivity (Wildman–Crippen MR) is 42.1 cm³/mol. The maximum Gasteiger partial charge on any atom is -0.0142 e. The van der Waals surface area contributed by atoms with Crippen LogP contribution < -0.4 is 0 Å². The van der Waals surface area contributed by atoms with E-state index in [1.165, 1.54) is 5.57 Å². The topological polar surface area (TPSA) is 0 Å². The van der Waals surface area contributed by atoms with Gasteiger partial charge in [0.25, 0.3) is 0 Å². The molecule has 0 unspecified atom stereocenters. The molecule has 0 heterocycles. The van der Waals surface area contributed by atoms with Crippen LogP contribution in [0.15, 0.2) is 23.6 Å². The van der Waals surface area contributed by atoms with Crippen LogP contribution in [0.4, 0.5) is 0 Å². The van der Waals surface area contributed by atoms with Crippen LogP contribution in [0.25, 0.3) is 0 Å². The van der Waals surface area contributed by atoms with Gasteiger partial charge in [-0.2, -0.15) is 0 Å². The number of rotatable bonds is 3. The van der Waals surface area contributed by atoms with Gasteiger partial charge in [-0.25, -0.2) is 0 Å². The molecule has 1 heteroatoms. The normalized spacial score (nSPS) is 11.5. The first kappa shape index (κ1) is 7.83. The number of hydrogen-bond acceptors (Lipinski definition) is 1. The lowest BCUT2D eigenvalue weighted by molar-refractivity contribution is 1.16. The minimum Gasteiger partial charge on any atom is -0.137 e. The molecule has 8 heavy (non-hydrogen) atoms. The summed E-state index contributed by atoms with van der Waals surface area (Å²) in [5, 5.41) is 2.12. The highest BCUT2D eigenvalue weighted by molar-refractivity contribution is 8.01. The summed E-state index contributed by atoms with van der Waals surface area (Å²) in [6, 6.07) is 0. The summed E-state index contributed by atoms with van der Waals surface area (Å²) in [6.45, 7) is 5.80. The van der Waals surface area contributed by atoms with Gasteiger partial charge in [-0.05, 0) is 23.7 Å². The maximum atomic E-state index is 3.67. The standard InChI is InChI=1S/C7H12S/c1-4-7(5-2)6-8-3/h4,6H,1,5H2,2-3H3/b7-6+. The zero-order chi connectivity index (χ0) is 6.41. The Labute approximate surface area is 55.7 Å². The second-order valence-corrected chi connectivity index (χ2v) is 2.19. The Morgan fingerprint density at radius 3 is 2.50 bits per heavy atom. The minimum atomic E-state index is 1.09. The Bertz CT molecular complexity index is 92.6. The molecule has 0 saturated heterocycles. The average molecular weight is 128 g/mol. The van der Waals surface area contributed by atoms with Crippen LogP contribution in [0.5, 0.6) is 0 Å². The number of thioether (sulfide) groups is 1. The van der Waals surface area contributed by atoms with Crippen LogP contribution in [-0.2, 0) is 0 Å². The van der Waals surface area contributed by atoms with Crippen molar-refractivity contribution in [2.75, 3.05) is 6.26 Å². The van der Waals surface area contributed by atoms with E-state index in [1.807, 2.05) is 6.08 Å². The fourth-order valence-electron chi connectivity index (χ4n) is 0.427. The molecule has 46 valence electrons. The second-order valence-electron chi connectivity index (χ2n) is 1.49. The van der Waals surface area contributed by atoms with E-state index in [2.05, 4.69) is 25.2 Å². The highest BCUT2D eigenvalue weighted by Crippen LogP contribution is 2.06. The Balaban J connectivity index is 3.66. The van der Waals surface area contributed by atoms with Crippen molar-refractivity contribution in [2.45, 2.75) is 13.3 Å². The van der Waals surface area contributed by atoms with Gasteiger partial charge in [-0.3, -0.25) is 0 Å². The van der Waals surface area contributed by atoms with Gasteiger partial charge in [0.2, 0.25) is 0 Å². The van der Waals surface area contributed by atoms with Crippen LogP contribution in [0.3, 0.4) is 0 Å². The summed E-state index contributed by atoms with van der Waals surface area (Å²) < 4.78 is 0. The molecule has 0 spiro atoms. The first-order valence-electron chi connectivity index (χ1n) is 2.69. The molecular formula is C7H12S. The van der Waals surface area contributed by atoms with E-state index in [1.54, 1.807) is 11.8 Å². The first-order valence-corrected chi connectivity index (χ1v) is 3.98. The molecule has 0 aliphatic heterocycles. The molecule has 0 N–H and O–H groups in total. The van der Waals surface area contributed by atoms with Crippen LogP contribution in [0.1, 0.15) is 13.3 Å². The van der Waals surface area contributed by atoms with Crippen molar-refractivity contribution < 1.29 is 0 Å². The molecule has 0 aliphatic rings. The molecule has 0 nitrogen and oxygen atoms in total. The zero-order valence-corrected chi connectivity index (χ0v) is 6.29. The second kappa shape index (κ2) is 4.98. The quantitative estimate of drug-likeness (QED) is 0.527. The maximum absolute atomic E-state index is 3.67. The summed E-state index contributed by atoms with van der Waals surface area (Å²) in [7, 11) is 0. The third-order valence-corrected chi connectivity index (χ3v) is 1.48. The third kappa shape index (κ3) is 2.92. The van der Waals surface area contributed by atoms with Crippen LogP contribution in [0.2, 0.25) is 0 Å². The summed E-state index contributed by atoms with van der Waals surface area (Å²) in [6.07, 6.45) is 5.04. The molecule has 0 aromatic rings. The first-order chi connectivity index (χ1) is 3.85. The van der Waals surface area contributed by atoms with E-state index in [9.17, 15) is 0 Å². The Morgan fingerprint density at radius 2 is 2.38 bits per heavy atom. The highest BCUT2D eigenvalue weighted by atomic mass is 32.2. The van der Waals surface area contributed by atoms with E-state index in [4.69, 9.17) is 0 Å². The lowest BCUT2D eigenvalue weighted by Crippen LogP contribution is -1.68. The SMILES string of the molecule is C=C/C(=C\SC)CC. The van der Waals surface area contributed by atoms with Gasteiger partial charge < -0.3 is 0 Å². The van der Waals surface area contributed by atoms with Gasteiger partial charge in [0.15, 0.2) is 0 Å². The lowest BCUT2D eigenvalue weighted by Gasteiger charge is -1.90. The van der Waals surface area contributed by atoms with Crippen molar-refractivity contribution in [3.05, 3.63) is 23.6 Å². The minimum absolute atomic E-state index is 1.09. The molecule has 0 aliphatic carbocycles. The molecular weight excluding hydrogens is 116 g/mol. The van der Waals surface area contributed by atoms with Crippen LogP contribution >= 0.6 is 11.8 Å². The summed E-state index contributed by atoms with van der Waals surface area (Å²) in [5.74, 6) is 0. The van der Waals surface area contributed by atoms with Crippen LogP contribution in [-0.4, -0.2) is 6.26 Å². The molecule has 0 fully saturated rings. The van der Waals surface area contributed by atoms with Gasteiger partial charge in [-0.1, -0.05) is 19.6 Å². The van der Waals surface area contributed by atoms with E-state index in [0.717, 1.165) is 6.42 Å². The molecule has 0 bridgehead atoms. The Hall–Kier alpha value is -0.170. The summed E-state index contributed by atoms with van der Waals surface area (Å²) in [5.41, 5.74) is 1.32. The lowest BCUT2D eigenvalue weighted by atomic mass is 10.2. The van der Waals surface area contributed by atoms with Crippen molar-refractivity contribution in [1.29, 1.82) is 0 Å². The van der Waals surface area contributed by atoms with E-state index >= 15 is 0 Å². The molecule has 0 aromatic heterocycles. The van der Waals surface area contributed by atoms with E-state index < -0.39 is 0 Å². The van der Waals surface area contributed by atoms with E-state index in [-0.39, 0.29) is 0 Å². The Morgan fingerprint density at radius 1 is 1.75 bits per heavy atom. The van der Waals surface area contributed by atoms with Crippen molar-refractivity contribution in [1.82, 2.24) is 0 Å². The van der Waals surface area contributed by atoms with Gasteiger partial charge in [0, 0.05) is 0 Å². The van der Waals surface area contributed by atoms with Gasteiger partial charge in [-0.15, -0.1) is 11.8 Å². The summed E-state index contributed by atoms with van der Waals surface area (Å²) in [4.78, 5) is 0. The van der Waals surface area contributed by atoms with Gasteiger partial charge >= 0.3 is 0 Å². The largest absolute Gasteiger partial charge is 0.137 e. The van der Waals surface area contributed by atoms with Gasteiger partial charge in [0.1, 0.15) is 0 Å². The monoisotopic (exact) mass is 128 g/mol. The molecule has 0 saturated carbocycles. The third-order valence-electron chi connectivity index (χ3n) is 0.940. The molecule has 0 atom stereocenters. The number of allylic oxidation sites excluding steroid dienone is 2. The molecule has 0 radical (unpaired) electrons. The molecule has 0 amide bonds. The van der Waals surface area contributed by atoms with Gasteiger partial charge in [0.05, 0.1) is 0 Å². The van der Waals surface area contributed by atoms with Crippen LogP contribution in [0, 0.1) is 0 Å². The molecule has 0 aromatic carbocycles. The van der Waals surface area contributed by atoms with Crippen molar-refractivity contribution in [2.24, 2.45) is 0 Å². The Kier molecular flexibility index (Phi) is 4.87. The predicted octanol–water partition coefficient (Wildman–Crippen LogP) is 2.83. The number of hydrogen-bond donors (Lipinski definition) is 0. The van der Waals surface area contributed by atoms with E-state index in [0.29, 0.717) is 0 Å². The molecule has 0 rings (SSSR count). The zero-order valence-electron chi connectivity index (χ0n) is 5.48. The van der Waals surface area contributed by atoms with Crippen molar-refractivity contribution in [3.63, 3.8) is 0 Å². The highest BCUT2D eigenvalue weighted by Gasteiger charge is 1.81. The average Bonchev–Trinajstić information content (AvgIpc) is 1.83. The fourth-order valence-corrected chi connectivity index (χ4v) is 0.993.